The van der Waals surface area contributed by atoms with Gasteiger partial charge in [-0.15, -0.1) is 0 Å². The fourth-order valence-corrected chi connectivity index (χ4v) is 1.18. The number of hydrogen-bond acceptors (Lipinski definition) is 2. The lowest BCUT2D eigenvalue weighted by atomic mass is 10.5. The summed E-state index contributed by atoms with van der Waals surface area (Å²) in [7, 11) is 0. The number of carbonyl (C=O) groups excluding carboxylic acids is 1. The molecule has 12 heavy (non-hydrogen) atoms. The van der Waals surface area contributed by atoms with E-state index < -0.39 is 5.97 Å². The fraction of sp³-hybridized carbons (Fsp3) is 0.500. The summed E-state index contributed by atoms with van der Waals surface area (Å²) < 4.78 is 3.63. The molecule has 1 heterocycles. The molecule has 0 aromatic carbocycles. The van der Waals surface area contributed by atoms with E-state index in [1.807, 2.05) is 24.6 Å². The first-order chi connectivity index (χ1) is 5.65. The van der Waals surface area contributed by atoms with Crippen LogP contribution in [0.4, 0.5) is 0 Å². The van der Waals surface area contributed by atoms with Gasteiger partial charge in [-0.3, -0.25) is 0 Å². The molecule has 0 aliphatic heterocycles. The smallest absolute Gasteiger partial charge is 0.253 e. The van der Waals surface area contributed by atoms with Crippen LogP contribution in [-0.4, -0.2) is 10.5 Å². The van der Waals surface area contributed by atoms with Crippen molar-refractivity contribution < 1.29 is 14.5 Å². The van der Waals surface area contributed by atoms with Gasteiger partial charge in [0.1, 0.15) is 18.9 Å². The van der Waals surface area contributed by atoms with Crippen LogP contribution in [0, 0.1) is 6.92 Å². The zero-order valence-electron chi connectivity index (χ0n) is 7.28. The van der Waals surface area contributed by atoms with Crippen molar-refractivity contribution in [2.45, 2.75) is 26.9 Å². The fourth-order valence-electron chi connectivity index (χ4n) is 1.18. The molecule has 4 heteroatoms. The first kappa shape index (κ1) is 8.77. The van der Waals surface area contributed by atoms with Crippen molar-refractivity contribution in [1.29, 1.82) is 0 Å². The standard InChI is InChI=1S/C8H12N2O2/c1-3-9-4-5-10(7(9)2)6-8(11)12/h4-5H,3,6H2,1-2H3. The average molecular weight is 168 g/mol. The molecule has 0 amide bonds. The van der Waals surface area contributed by atoms with E-state index in [1.54, 1.807) is 10.8 Å². The van der Waals surface area contributed by atoms with Crippen molar-refractivity contribution >= 4 is 5.97 Å². The van der Waals surface area contributed by atoms with Crippen molar-refractivity contribution in [3.05, 3.63) is 18.2 Å². The Morgan fingerprint density at radius 1 is 1.75 bits per heavy atom. The van der Waals surface area contributed by atoms with E-state index >= 15 is 0 Å². The van der Waals surface area contributed by atoms with Gasteiger partial charge in [0.15, 0.2) is 0 Å². The molecule has 0 saturated heterocycles. The second-order valence-corrected chi connectivity index (χ2v) is 2.63. The van der Waals surface area contributed by atoms with Gasteiger partial charge in [0.05, 0.1) is 12.5 Å². The van der Waals surface area contributed by atoms with Crippen molar-refractivity contribution in [3.63, 3.8) is 0 Å². The van der Waals surface area contributed by atoms with E-state index in [4.69, 9.17) is 0 Å². The quantitative estimate of drug-likeness (QED) is 0.535. The number of carboxylic acid groups (broad SMARTS) is 1. The van der Waals surface area contributed by atoms with Crippen LogP contribution in [0.25, 0.3) is 0 Å². The highest BCUT2D eigenvalue weighted by atomic mass is 16.4. The number of nitrogens with zero attached hydrogens (tertiary/aromatic N) is 2. The molecule has 0 aliphatic rings. The lowest BCUT2D eigenvalue weighted by Crippen LogP contribution is -2.44. The van der Waals surface area contributed by atoms with Crippen LogP contribution in [0.2, 0.25) is 0 Å². The zero-order valence-corrected chi connectivity index (χ0v) is 7.28. The molecule has 66 valence electrons. The number of aliphatic carboxylic acids is 1. The molecule has 1 rings (SSSR count). The molecule has 1 aromatic heterocycles. The number of carbonyl (C=O) groups is 1. The molecular weight excluding hydrogens is 156 g/mol. The summed E-state index contributed by atoms with van der Waals surface area (Å²) >= 11 is 0. The first-order valence-corrected chi connectivity index (χ1v) is 3.90. The third kappa shape index (κ3) is 1.64. The Morgan fingerprint density at radius 3 is 2.83 bits per heavy atom. The molecule has 1 aromatic rings. The Kier molecular flexibility index (Phi) is 2.47. The topological polar surface area (TPSA) is 48.9 Å². The van der Waals surface area contributed by atoms with E-state index in [9.17, 15) is 9.90 Å². The molecule has 0 radical (unpaired) electrons. The van der Waals surface area contributed by atoms with Crippen molar-refractivity contribution in [3.8, 4) is 0 Å². The predicted octanol–water partition coefficient (Wildman–Crippen LogP) is -1.15. The number of hydrogen-bond donors (Lipinski definition) is 0. The molecular formula is C8H12N2O2. The van der Waals surface area contributed by atoms with Crippen LogP contribution >= 0.6 is 0 Å². The van der Waals surface area contributed by atoms with E-state index in [0.29, 0.717) is 0 Å². The molecule has 0 unspecified atom stereocenters. The SMILES string of the molecule is CCn1cc[n+](CC(=O)[O-])c1C. The predicted molar refractivity (Wildman–Crippen MR) is 40.0 cm³/mol. The molecule has 0 saturated carbocycles. The number of aryl methyl sites for hydroxylation is 1. The third-order valence-electron chi connectivity index (χ3n) is 1.90. The Bertz CT molecular complexity index is 291. The van der Waals surface area contributed by atoms with Gasteiger partial charge in [0.2, 0.25) is 0 Å². The summed E-state index contributed by atoms with van der Waals surface area (Å²) in [5.41, 5.74) is 0. The minimum absolute atomic E-state index is 0.0706. The molecule has 0 fully saturated rings. The lowest BCUT2D eigenvalue weighted by molar-refractivity contribution is -0.696. The summed E-state index contributed by atoms with van der Waals surface area (Å²) in [6.45, 7) is 4.67. The number of carboxylic acids is 1. The maximum atomic E-state index is 10.3. The summed E-state index contributed by atoms with van der Waals surface area (Å²) in [4.78, 5) is 10.3. The van der Waals surface area contributed by atoms with Crippen LogP contribution in [0.15, 0.2) is 12.4 Å². The van der Waals surface area contributed by atoms with Crippen LogP contribution in [0.5, 0.6) is 0 Å². The molecule has 0 N–H and O–H groups in total. The highest BCUT2D eigenvalue weighted by molar-refractivity contribution is 5.62. The van der Waals surface area contributed by atoms with E-state index in [1.165, 1.54) is 0 Å². The summed E-state index contributed by atoms with van der Waals surface area (Å²) in [5, 5.41) is 10.3. The Labute approximate surface area is 71.1 Å². The molecule has 4 nitrogen and oxygen atoms in total. The van der Waals surface area contributed by atoms with E-state index in [0.717, 1.165) is 12.4 Å². The van der Waals surface area contributed by atoms with Gasteiger partial charge in [-0.05, 0) is 6.92 Å². The van der Waals surface area contributed by atoms with Gasteiger partial charge in [0, 0.05) is 6.92 Å². The first-order valence-electron chi connectivity index (χ1n) is 3.90. The monoisotopic (exact) mass is 168 g/mol. The number of imidazole rings is 1. The normalized spacial score (nSPS) is 10.2. The van der Waals surface area contributed by atoms with Crippen LogP contribution in [0.1, 0.15) is 12.7 Å². The van der Waals surface area contributed by atoms with Crippen LogP contribution < -0.4 is 9.67 Å². The van der Waals surface area contributed by atoms with E-state index in [2.05, 4.69) is 0 Å². The molecule has 0 spiro atoms. The maximum Gasteiger partial charge on any atom is 0.253 e. The zero-order chi connectivity index (χ0) is 9.14. The second-order valence-electron chi connectivity index (χ2n) is 2.63. The Balaban J connectivity index is 2.87. The van der Waals surface area contributed by atoms with Gasteiger partial charge in [0.25, 0.3) is 5.82 Å². The van der Waals surface area contributed by atoms with Crippen molar-refractivity contribution in [2.75, 3.05) is 0 Å². The van der Waals surface area contributed by atoms with Gasteiger partial charge in [-0.1, -0.05) is 0 Å². The largest absolute Gasteiger partial charge is 0.546 e. The molecule has 0 bridgehead atoms. The summed E-state index contributed by atoms with van der Waals surface area (Å²) in [5.74, 6) is -0.126. The van der Waals surface area contributed by atoms with Crippen LogP contribution in [-0.2, 0) is 17.9 Å². The number of rotatable bonds is 3. The number of aromatic nitrogens is 2. The van der Waals surface area contributed by atoms with Crippen molar-refractivity contribution in [2.24, 2.45) is 0 Å². The minimum atomic E-state index is -1.06. The molecule has 0 atom stereocenters. The highest BCUT2D eigenvalue weighted by Gasteiger charge is 2.09. The van der Waals surface area contributed by atoms with E-state index in [-0.39, 0.29) is 6.54 Å². The second kappa shape index (κ2) is 3.38. The third-order valence-corrected chi connectivity index (χ3v) is 1.90. The lowest BCUT2D eigenvalue weighted by Gasteiger charge is -1.99. The maximum absolute atomic E-state index is 10.3. The highest BCUT2D eigenvalue weighted by Crippen LogP contribution is 1.91. The Hall–Kier alpha value is -1.32. The van der Waals surface area contributed by atoms with Gasteiger partial charge in [-0.2, -0.15) is 0 Å². The average Bonchev–Trinajstić information content (AvgIpc) is 2.32. The molecule has 0 aliphatic carbocycles. The van der Waals surface area contributed by atoms with Gasteiger partial charge < -0.3 is 9.90 Å². The van der Waals surface area contributed by atoms with Gasteiger partial charge in [-0.25, -0.2) is 9.13 Å². The Morgan fingerprint density at radius 2 is 2.42 bits per heavy atom. The summed E-state index contributed by atoms with van der Waals surface area (Å²) in [6, 6.07) is 0. The summed E-state index contributed by atoms with van der Waals surface area (Å²) in [6.07, 6.45) is 3.60. The van der Waals surface area contributed by atoms with Crippen molar-refractivity contribution in [1.82, 2.24) is 4.57 Å². The van der Waals surface area contributed by atoms with Crippen LogP contribution in [0.3, 0.4) is 0 Å². The minimum Gasteiger partial charge on any atom is -0.546 e. The van der Waals surface area contributed by atoms with Gasteiger partial charge >= 0.3 is 0 Å².